The molecule has 28 heavy (non-hydrogen) atoms. The molecule has 0 bridgehead atoms. The van der Waals surface area contributed by atoms with Crippen LogP contribution < -0.4 is 0 Å². The second-order valence-corrected chi connectivity index (χ2v) is 7.65. The van der Waals surface area contributed by atoms with Gasteiger partial charge in [-0.15, -0.1) is 0 Å². The van der Waals surface area contributed by atoms with Crippen molar-refractivity contribution in [2.45, 2.75) is 31.7 Å². The van der Waals surface area contributed by atoms with E-state index in [1.54, 1.807) is 0 Å². The maximum absolute atomic E-state index is 11.1. The fraction of sp³-hybridized carbons (Fsp3) is 0.192. The van der Waals surface area contributed by atoms with Gasteiger partial charge in [0, 0.05) is 28.9 Å². The molecule has 1 fully saturated rings. The van der Waals surface area contributed by atoms with Gasteiger partial charge in [0.1, 0.15) is 5.75 Å². The number of nitrogens with zero attached hydrogens (tertiary/aromatic N) is 1. The maximum atomic E-state index is 11.1. The molecule has 4 aromatic carbocycles. The topological polar surface area (TPSA) is 32.6 Å². The van der Waals surface area contributed by atoms with Crippen molar-refractivity contribution >= 4 is 27.8 Å². The van der Waals surface area contributed by atoms with Crippen molar-refractivity contribution in [1.29, 1.82) is 0 Å². The predicted molar refractivity (Wildman–Crippen MR) is 118 cm³/mol. The number of aromatic hydroxyl groups is 1. The van der Waals surface area contributed by atoms with Crippen LogP contribution in [0.1, 0.15) is 31.2 Å². The zero-order valence-electron chi connectivity index (χ0n) is 15.8. The van der Waals surface area contributed by atoms with Gasteiger partial charge in [-0.3, -0.25) is 4.99 Å². The van der Waals surface area contributed by atoms with Crippen molar-refractivity contribution in [3.05, 3.63) is 78.4 Å². The lowest BCUT2D eigenvalue weighted by molar-refractivity contribution is 0.476. The first-order chi connectivity index (χ1) is 13.8. The van der Waals surface area contributed by atoms with Crippen LogP contribution in [0.15, 0.2) is 77.8 Å². The highest BCUT2D eigenvalue weighted by Crippen LogP contribution is 2.41. The lowest BCUT2D eigenvalue weighted by atomic mass is 9.91. The van der Waals surface area contributed by atoms with Gasteiger partial charge in [-0.2, -0.15) is 0 Å². The molecule has 2 heteroatoms. The highest BCUT2D eigenvalue weighted by Gasteiger charge is 2.16. The van der Waals surface area contributed by atoms with E-state index in [2.05, 4.69) is 54.6 Å². The molecule has 4 aromatic rings. The van der Waals surface area contributed by atoms with Gasteiger partial charge in [0.15, 0.2) is 0 Å². The van der Waals surface area contributed by atoms with Crippen LogP contribution in [0.5, 0.6) is 5.75 Å². The summed E-state index contributed by atoms with van der Waals surface area (Å²) in [6.45, 7) is 0. The molecular formula is C26H23NO. The molecule has 1 saturated carbocycles. The lowest BCUT2D eigenvalue weighted by Gasteiger charge is -2.14. The van der Waals surface area contributed by atoms with Crippen molar-refractivity contribution in [3.63, 3.8) is 0 Å². The Morgan fingerprint density at radius 1 is 0.786 bits per heavy atom. The van der Waals surface area contributed by atoms with Gasteiger partial charge in [0.05, 0.1) is 0 Å². The van der Waals surface area contributed by atoms with Gasteiger partial charge in [0.25, 0.3) is 0 Å². The van der Waals surface area contributed by atoms with Crippen LogP contribution in [0, 0.1) is 0 Å². The van der Waals surface area contributed by atoms with E-state index >= 15 is 0 Å². The Morgan fingerprint density at radius 3 is 2.11 bits per heavy atom. The number of phenolic OH excluding ortho intramolecular Hbond substituents is 1. The van der Waals surface area contributed by atoms with Gasteiger partial charge in [-0.1, -0.05) is 73.5 Å². The molecule has 0 aliphatic heterocycles. The summed E-state index contributed by atoms with van der Waals surface area (Å²) in [4.78, 5) is 4.73. The summed E-state index contributed by atoms with van der Waals surface area (Å²) in [6, 6.07) is 25.4. The van der Waals surface area contributed by atoms with E-state index in [4.69, 9.17) is 4.99 Å². The lowest BCUT2D eigenvalue weighted by Crippen LogP contribution is -1.97. The van der Waals surface area contributed by atoms with Crippen LogP contribution in [0.3, 0.4) is 0 Å². The molecule has 1 aliphatic rings. The van der Waals surface area contributed by atoms with Crippen LogP contribution >= 0.6 is 0 Å². The van der Waals surface area contributed by atoms with Crippen molar-refractivity contribution in [1.82, 2.24) is 0 Å². The minimum atomic E-state index is 0.311. The SMILES string of the molecule is Oc1c(C=NC2CCCC2)cccc1-c1c2ccccc2cc2ccccc12. The average Bonchev–Trinajstić information content (AvgIpc) is 3.25. The molecule has 138 valence electrons. The maximum Gasteiger partial charge on any atom is 0.132 e. The Morgan fingerprint density at radius 2 is 1.43 bits per heavy atom. The number of para-hydroxylation sites is 1. The summed E-state index contributed by atoms with van der Waals surface area (Å²) < 4.78 is 0. The van der Waals surface area contributed by atoms with Crippen LogP contribution in [0.25, 0.3) is 32.7 Å². The Bertz CT molecular complexity index is 1130. The van der Waals surface area contributed by atoms with E-state index in [0.717, 1.165) is 40.3 Å². The first-order valence-corrected chi connectivity index (χ1v) is 10.1. The zero-order valence-corrected chi connectivity index (χ0v) is 15.8. The van der Waals surface area contributed by atoms with Crippen LogP contribution in [0.4, 0.5) is 0 Å². The molecule has 0 atom stereocenters. The molecule has 0 spiro atoms. The smallest absolute Gasteiger partial charge is 0.132 e. The minimum Gasteiger partial charge on any atom is -0.507 e. The highest BCUT2D eigenvalue weighted by molar-refractivity contribution is 6.14. The van der Waals surface area contributed by atoms with Crippen LogP contribution in [0.2, 0.25) is 0 Å². The van der Waals surface area contributed by atoms with Crippen molar-refractivity contribution in [3.8, 4) is 16.9 Å². The summed E-state index contributed by atoms with van der Waals surface area (Å²) in [5, 5.41) is 15.8. The molecule has 2 nitrogen and oxygen atoms in total. The van der Waals surface area contributed by atoms with Gasteiger partial charge in [-0.05, 0) is 46.5 Å². The normalized spacial score (nSPS) is 15.1. The number of hydrogen-bond donors (Lipinski definition) is 1. The molecule has 0 heterocycles. The molecular weight excluding hydrogens is 342 g/mol. The summed E-state index contributed by atoms with van der Waals surface area (Å²) in [5.41, 5.74) is 2.74. The second kappa shape index (κ2) is 7.12. The summed E-state index contributed by atoms with van der Waals surface area (Å²) in [6.07, 6.45) is 6.70. The van der Waals surface area contributed by atoms with Crippen molar-refractivity contribution in [2.24, 2.45) is 4.99 Å². The number of rotatable bonds is 3. The number of fused-ring (bicyclic) bond motifs is 2. The van der Waals surface area contributed by atoms with E-state index in [-0.39, 0.29) is 0 Å². The third-order valence-electron chi connectivity index (χ3n) is 5.86. The molecule has 1 N–H and O–H groups in total. The fourth-order valence-corrected chi connectivity index (χ4v) is 4.41. The molecule has 0 saturated heterocycles. The third kappa shape index (κ3) is 2.95. The predicted octanol–water partition coefficient (Wildman–Crippen LogP) is 6.73. The van der Waals surface area contributed by atoms with E-state index in [0.29, 0.717) is 11.8 Å². The number of phenols is 1. The van der Waals surface area contributed by atoms with E-state index < -0.39 is 0 Å². The standard InChI is InChI=1S/C26H23NO/c28-26-20(17-27-21-11-3-4-12-21)10-7-15-24(26)25-22-13-5-1-8-18(22)16-19-9-2-6-14-23(19)25/h1-2,5-10,13-17,21,28H,3-4,11-12H2. The summed E-state index contributed by atoms with van der Waals surface area (Å²) >= 11 is 0. The molecule has 0 radical (unpaired) electrons. The molecule has 0 unspecified atom stereocenters. The van der Waals surface area contributed by atoms with E-state index in [1.165, 1.54) is 23.6 Å². The number of benzene rings is 4. The van der Waals surface area contributed by atoms with Gasteiger partial charge >= 0.3 is 0 Å². The Balaban J connectivity index is 1.72. The van der Waals surface area contributed by atoms with Crippen LogP contribution in [-0.2, 0) is 0 Å². The monoisotopic (exact) mass is 365 g/mol. The van der Waals surface area contributed by atoms with Gasteiger partial charge in [-0.25, -0.2) is 0 Å². The van der Waals surface area contributed by atoms with Crippen molar-refractivity contribution < 1.29 is 5.11 Å². The van der Waals surface area contributed by atoms with Gasteiger partial charge < -0.3 is 5.11 Å². The first kappa shape index (κ1) is 17.0. The Hall–Kier alpha value is -3.13. The molecule has 0 amide bonds. The Kier molecular flexibility index (Phi) is 4.32. The van der Waals surface area contributed by atoms with Gasteiger partial charge in [0.2, 0.25) is 0 Å². The highest BCUT2D eigenvalue weighted by atomic mass is 16.3. The minimum absolute atomic E-state index is 0.311. The van der Waals surface area contributed by atoms with E-state index in [9.17, 15) is 5.11 Å². The third-order valence-corrected chi connectivity index (χ3v) is 5.86. The van der Waals surface area contributed by atoms with Crippen LogP contribution in [-0.4, -0.2) is 17.4 Å². The molecule has 0 aromatic heterocycles. The summed E-state index contributed by atoms with van der Waals surface area (Å²) in [5.74, 6) is 0.311. The zero-order chi connectivity index (χ0) is 18.9. The molecule has 5 rings (SSSR count). The summed E-state index contributed by atoms with van der Waals surface area (Å²) in [7, 11) is 0. The average molecular weight is 365 g/mol. The fourth-order valence-electron chi connectivity index (χ4n) is 4.41. The Labute approximate surface area is 165 Å². The first-order valence-electron chi connectivity index (χ1n) is 10.1. The quantitative estimate of drug-likeness (QED) is 0.317. The van der Waals surface area contributed by atoms with E-state index in [1.807, 2.05) is 24.4 Å². The molecule has 1 aliphatic carbocycles. The number of aliphatic imine (C=N–C) groups is 1. The second-order valence-electron chi connectivity index (χ2n) is 7.65. The number of hydrogen-bond acceptors (Lipinski definition) is 2. The van der Waals surface area contributed by atoms with Crippen molar-refractivity contribution in [2.75, 3.05) is 0 Å². The largest absolute Gasteiger partial charge is 0.507 e.